The fraction of sp³-hybridized carbons (Fsp3) is 0.154. The summed E-state index contributed by atoms with van der Waals surface area (Å²) in [5, 5.41) is 17.2. The first-order chi connectivity index (χ1) is 10.5. The van der Waals surface area contributed by atoms with Crippen molar-refractivity contribution in [3.05, 3.63) is 51.3 Å². The summed E-state index contributed by atoms with van der Waals surface area (Å²) in [5.74, 6) is -1.06. The standard InChI is InChI=1S/C13H10N4O5/c1-16-11(10(5-14-16)17(20)21)12(18)15-8-2-3-9-7(4-8)6-22-13(9)19/h2-5H,6H2,1H3,(H,15,18). The number of benzene rings is 1. The minimum absolute atomic E-state index is 0.143. The molecule has 1 aliphatic heterocycles. The SMILES string of the molecule is Cn1ncc([N+](=O)[O-])c1C(=O)Nc1ccc2c(c1)COC2=O. The van der Waals surface area contributed by atoms with E-state index in [2.05, 4.69) is 10.4 Å². The van der Waals surface area contributed by atoms with Gasteiger partial charge in [0.2, 0.25) is 5.69 Å². The number of hydrogen-bond acceptors (Lipinski definition) is 6. The Morgan fingerprint density at radius 2 is 2.27 bits per heavy atom. The molecule has 1 N–H and O–H groups in total. The molecule has 0 fully saturated rings. The molecule has 0 aliphatic carbocycles. The number of carbonyl (C=O) groups excluding carboxylic acids is 2. The summed E-state index contributed by atoms with van der Waals surface area (Å²) in [6.07, 6.45) is 1.02. The van der Waals surface area contributed by atoms with Crippen LogP contribution in [0.15, 0.2) is 24.4 Å². The zero-order valence-corrected chi connectivity index (χ0v) is 11.4. The fourth-order valence-electron chi connectivity index (χ4n) is 2.22. The van der Waals surface area contributed by atoms with Crippen LogP contribution in [0.5, 0.6) is 0 Å². The molecule has 0 saturated carbocycles. The molecule has 1 amide bonds. The van der Waals surface area contributed by atoms with Crippen molar-refractivity contribution < 1.29 is 19.2 Å². The quantitative estimate of drug-likeness (QED) is 0.518. The summed E-state index contributed by atoms with van der Waals surface area (Å²) in [6, 6.07) is 4.67. The van der Waals surface area contributed by atoms with Crippen LogP contribution >= 0.6 is 0 Å². The number of esters is 1. The first-order valence-corrected chi connectivity index (χ1v) is 6.25. The van der Waals surface area contributed by atoms with Crippen molar-refractivity contribution in [2.24, 2.45) is 7.05 Å². The number of nitro groups is 1. The minimum atomic E-state index is -0.670. The Balaban J connectivity index is 1.88. The fourth-order valence-corrected chi connectivity index (χ4v) is 2.22. The molecule has 0 radical (unpaired) electrons. The molecule has 1 aromatic carbocycles. The lowest BCUT2D eigenvalue weighted by atomic mass is 10.1. The highest BCUT2D eigenvalue weighted by atomic mass is 16.6. The molecule has 0 unspecified atom stereocenters. The predicted octanol–water partition coefficient (Wildman–Crippen LogP) is 1.25. The lowest BCUT2D eigenvalue weighted by molar-refractivity contribution is -0.385. The number of anilines is 1. The van der Waals surface area contributed by atoms with E-state index in [9.17, 15) is 19.7 Å². The highest BCUT2D eigenvalue weighted by Gasteiger charge is 2.26. The molecular formula is C13H10N4O5. The Bertz CT molecular complexity index is 811. The molecule has 1 aromatic heterocycles. The van der Waals surface area contributed by atoms with Crippen molar-refractivity contribution in [1.82, 2.24) is 9.78 Å². The second kappa shape index (κ2) is 4.95. The number of aryl methyl sites for hydroxylation is 1. The van der Waals surface area contributed by atoms with Gasteiger partial charge < -0.3 is 10.1 Å². The molecule has 112 valence electrons. The number of carbonyl (C=O) groups is 2. The van der Waals surface area contributed by atoms with E-state index in [0.29, 0.717) is 16.8 Å². The summed E-state index contributed by atoms with van der Waals surface area (Å²) < 4.78 is 6.00. The molecule has 2 heterocycles. The van der Waals surface area contributed by atoms with Gasteiger partial charge in [0.15, 0.2) is 0 Å². The van der Waals surface area contributed by atoms with Gasteiger partial charge in [0, 0.05) is 18.3 Å². The van der Waals surface area contributed by atoms with Crippen LogP contribution in [0.3, 0.4) is 0 Å². The Kier molecular flexibility index (Phi) is 3.09. The van der Waals surface area contributed by atoms with Gasteiger partial charge in [0.25, 0.3) is 5.91 Å². The van der Waals surface area contributed by atoms with Crippen LogP contribution in [0, 0.1) is 10.1 Å². The van der Waals surface area contributed by atoms with E-state index < -0.39 is 16.8 Å². The zero-order chi connectivity index (χ0) is 15.9. The Morgan fingerprint density at radius 1 is 1.50 bits per heavy atom. The highest BCUT2D eigenvalue weighted by Crippen LogP contribution is 2.24. The van der Waals surface area contributed by atoms with Crippen LogP contribution in [-0.4, -0.2) is 26.6 Å². The van der Waals surface area contributed by atoms with Gasteiger partial charge in [-0.2, -0.15) is 5.10 Å². The van der Waals surface area contributed by atoms with Crippen LogP contribution in [0.25, 0.3) is 0 Å². The maximum Gasteiger partial charge on any atom is 0.338 e. The van der Waals surface area contributed by atoms with Gasteiger partial charge in [-0.25, -0.2) is 4.79 Å². The van der Waals surface area contributed by atoms with Gasteiger partial charge in [0.05, 0.1) is 10.5 Å². The maximum absolute atomic E-state index is 12.2. The molecular weight excluding hydrogens is 292 g/mol. The molecule has 9 heteroatoms. The summed E-state index contributed by atoms with van der Waals surface area (Å²) in [5.41, 5.74) is 0.988. The third kappa shape index (κ3) is 2.18. The lowest BCUT2D eigenvalue weighted by Crippen LogP contribution is -2.17. The predicted molar refractivity (Wildman–Crippen MR) is 73.4 cm³/mol. The van der Waals surface area contributed by atoms with E-state index in [4.69, 9.17) is 4.74 Å². The molecule has 0 atom stereocenters. The minimum Gasteiger partial charge on any atom is -0.457 e. The number of nitrogens with one attached hydrogen (secondary N) is 1. The van der Waals surface area contributed by atoms with Crippen molar-refractivity contribution in [2.75, 3.05) is 5.32 Å². The monoisotopic (exact) mass is 302 g/mol. The number of amides is 1. The number of fused-ring (bicyclic) bond motifs is 1. The first kappa shape index (κ1) is 13.7. The van der Waals surface area contributed by atoms with Gasteiger partial charge >= 0.3 is 11.7 Å². The summed E-state index contributed by atoms with van der Waals surface area (Å²) in [7, 11) is 1.44. The topological polar surface area (TPSA) is 116 Å². The average molecular weight is 302 g/mol. The number of hydrogen-bond donors (Lipinski definition) is 1. The van der Waals surface area contributed by atoms with Crippen LogP contribution in [-0.2, 0) is 18.4 Å². The summed E-state index contributed by atoms with van der Waals surface area (Å²) >= 11 is 0. The van der Waals surface area contributed by atoms with Crippen molar-refractivity contribution in [3.8, 4) is 0 Å². The molecule has 0 saturated heterocycles. The van der Waals surface area contributed by atoms with Gasteiger partial charge in [-0.1, -0.05) is 0 Å². The first-order valence-electron chi connectivity index (χ1n) is 6.25. The lowest BCUT2D eigenvalue weighted by Gasteiger charge is -2.06. The normalized spacial score (nSPS) is 12.7. The molecule has 3 rings (SSSR count). The molecule has 0 bridgehead atoms. The van der Waals surface area contributed by atoms with Gasteiger partial charge in [0.1, 0.15) is 12.8 Å². The number of nitrogens with zero attached hydrogens (tertiary/aromatic N) is 3. The van der Waals surface area contributed by atoms with Crippen LogP contribution in [0.1, 0.15) is 26.4 Å². The van der Waals surface area contributed by atoms with Gasteiger partial charge in [-0.3, -0.25) is 19.6 Å². The van der Waals surface area contributed by atoms with E-state index in [1.54, 1.807) is 6.07 Å². The van der Waals surface area contributed by atoms with Gasteiger partial charge in [-0.15, -0.1) is 0 Å². The second-order valence-corrected chi connectivity index (χ2v) is 4.66. The summed E-state index contributed by atoms with van der Waals surface area (Å²) in [4.78, 5) is 33.8. The Hall–Kier alpha value is -3.23. The van der Waals surface area contributed by atoms with Crippen LogP contribution in [0.2, 0.25) is 0 Å². The molecule has 0 spiro atoms. The third-order valence-electron chi connectivity index (χ3n) is 3.27. The average Bonchev–Trinajstić information content (AvgIpc) is 3.02. The molecule has 22 heavy (non-hydrogen) atoms. The van der Waals surface area contributed by atoms with E-state index in [1.807, 2.05) is 0 Å². The van der Waals surface area contributed by atoms with Crippen molar-refractivity contribution in [3.63, 3.8) is 0 Å². The number of ether oxygens (including phenoxy) is 1. The van der Waals surface area contributed by atoms with Crippen molar-refractivity contribution >= 4 is 23.3 Å². The number of rotatable bonds is 3. The van der Waals surface area contributed by atoms with Crippen molar-refractivity contribution in [2.45, 2.75) is 6.61 Å². The number of cyclic esters (lactones) is 1. The zero-order valence-electron chi connectivity index (χ0n) is 11.4. The van der Waals surface area contributed by atoms with E-state index in [-0.39, 0.29) is 18.0 Å². The largest absolute Gasteiger partial charge is 0.457 e. The molecule has 1 aliphatic rings. The summed E-state index contributed by atoms with van der Waals surface area (Å²) in [6.45, 7) is 0.143. The second-order valence-electron chi connectivity index (χ2n) is 4.66. The highest BCUT2D eigenvalue weighted by molar-refractivity contribution is 6.06. The Labute approximate surface area is 123 Å². The molecule has 2 aromatic rings. The van der Waals surface area contributed by atoms with E-state index in [0.717, 1.165) is 10.9 Å². The number of aromatic nitrogens is 2. The smallest absolute Gasteiger partial charge is 0.338 e. The van der Waals surface area contributed by atoms with Crippen LogP contribution < -0.4 is 5.32 Å². The van der Waals surface area contributed by atoms with E-state index in [1.165, 1.54) is 19.2 Å². The maximum atomic E-state index is 12.2. The molecule has 9 nitrogen and oxygen atoms in total. The Morgan fingerprint density at radius 3 is 3.00 bits per heavy atom. The van der Waals surface area contributed by atoms with E-state index >= 15 is 0 Å². The van der Waals surface area contributed by atoms with Crippen molar-refractivity contribution in [1.29, 1.82) is 0 Å². The van der Waals surface area contributed by atoms with Gasteiger partial charge in [-0.05, 0) is 18.2 Å². The third-order valence-corrected chi connectivity index (χ3v) is 3.27. The van der Waals surface area contributed by atoms with Crippen LogP contribution in [0.4, 0.5) is 11.4 Å².